The highest BCUT2D eigenvalue weighted by molar-refractivity contribution is 7.87. The summed E-state index contributed by atoms with van der Waals surface area (Å²) in [5.74, 6) is 1.96. The van der Waals surface area contributed by atoms with Crippen LogP contribution in [-0.4, -0.2) is 78.2 Å². The quantitative estimate of drug-likeness (QED) is 0.329. The molecule has 1 heterocycles. The molecule has 10 nitrogen and oxygen atoms in total. The summed E-state index contributed by atoms with van der Waals surface area (Å²) >= 11 is 0. The van der Waals surface area contributed by atoms with E-state index in [-0.39, 0.29) is 12.6 Å². The average Bonchev–Trinajstić information content (AvgIpc) is 2.92. The second kappa shape index (κ2) is 14.4. The Labute approximate surface area is 233 Å². The number of methoxy groups -OCH3 is 2. The number of anilines is 1. The standard InChI is InChI=1S/C28H42N4O6S/c1-6-7-8-18-38-27-20-24(12-13-25(27)36-4)32-17-9-16-31(28(32)33)21-23-11-10-22(19-26(23)37-5)14-15-29-39(34,35)30(2)3/h10-13,19-20,29H,6-9,14-18,21H2,1-5H3. The summed E-state index contributed by atoms with van der Waals surface area (Å²) in [5.41, 5.74) is 2.60. The van der Waals surface area contributed by atoms with Crippen molar-refractivity contribution in [3.05, 3.63) is 47.5 Å². The number of unbranched alkanes of at least 4 members (excludes halogenated alkanes) is 2. The molecule has 0 saturated carbocycles. The van der Waals surface area contributed by atoms with Crippen molar-refractivity contribution in [1.82, 2.24) is 13.9 Å². The minimum atomic E-state index is -3.47. The van der Waals surface area contributed by atoms with Crippen molar-refractivity contribution < 1.29 is 27.4 Å². The average molecular weight is 563 g/mol. The van der Waals surface area contributed by atoms with Crippen LogP contribution < -0.4 is 23.8 Å². The van der Waals surface area contributed by atoms with Gasteiger partial charge in [-0.25, -0.2) is 9.52 Å². The van der Waals surface area contributed by atoms with Crippen molar-refractivity contribution in [2.24, 2.45) is 0 Å². The van der Waals surface area contributed by atoms with Gasteiger partial charge in [0.15, 0.2) is 11.5 Å². The lowest BCUT2D eigenvalue weighted by atomic mass is 10.1. The molecule has 2 aromatic carbocycles. The van der Waals surface area contributed by atoms with E-state index in [1.807, 2.05) is 41.3 Å². The van der Waals surface area contributed by atoms with Gasteiger partial charge in [-0.05, 0) is 43.0 Å². The number of amides is 2. The summed E-state index contributed by atoms with van der Waals surface area (Å²) in [6.45, 7) is 4.69. The number of benzene rings is 2. The third-order valence-corrected chi connectivity index (χ3v) is 8.20. The van der Waals surface area contributed by atoms with Gasteiger partial charge in [0.1, 0.15) is 5.75 Å². The summed E-state index contributed by atoms with van der Waals surface area (Å²) in [7, 11) is 2.71. The normalized spacial score (nSPS) is 14.2. The monoisotopic (exact) mass is 562 g/mol. The van der Waals surface area contributed by atoms with Crippen LogP contribution in [0.4, 0.5) is 10.5 Å². The molecule has 0 aliphatic carbocycles. The molecule has 1 aliphatic heterocycles. The van der Waals surface area contributed by atoms with Crippen LogP contribution in [-0.2, 0) is 23.2 Å². The van der Waals surface area contributed by atoms with Crippen LogP contribution in [0.15, 0.2) is 36.4 Å². The third-order valence-electron chi connectivity index (χ3n) is 6.67. The Morgan fingerprint density at radius 2 is 1.74 bits per heavy atom. The first kappa shape index (κ1) is 30.5. The highest BCUT2D eigenvalue weighted by Crippen LogP contribution is 2.34. The predicted octanol–water partition coefficient (Wildman–Crippen LogP) is 4.04. The van der Waals surface area contributed by atoms with Gasteiger partial charge in [-0.3, -0.25) is 4.90 Å². The lowest BCUT2D eigenvalue weighted by molar-refractivity contribution is 0.191. The summed E-state index contributed by atoms with van der Waals surface area (Å²) < 4.78 is 44.7. The number of urea groups is 1. The zero-order valence-electron chi connectivity index (χ0n) is 23.7. The molecule has 1 saturated heterocycles. The van der Waals surface area contributed by atoms with Gasteiger partial charge in [-0.2, -0.15) is 12.7 Å². The molecule has 0 unspecified atom stereocenters. The molecular weight excluding hydrogens is 520 g/mol. The van der Waals surface area contributed by atoms with Crippen molar-refractivity contribution in [3.8, 4) is 17.2 Å². The largest absolute Gasteiger partial charge is 0.496 e. The molecular formula is C28H42N4O6S. The van der Waals surface area contributed by atoms with Crippen molar-refractivity contribution in [3.63, 3.8) is 0 Å². The van der Waals surface area contributed by atoms with Crippen molar-refractivity contribution in [2.75, 3.05) is 59.5 Å². The Morgan fingerprint density at radius 3 is 2.44 bits per heavy atom. The fraction of sp³-hybridized carbons (Fsp3) is 0.536. The second-order valence-corrected chi connectivity index (χ2v) is 11.6. The van der Waals surface area contributed by atoms with E-state index in [2.05, 4.69) is 11.6 Å². The SMILES string of the molecule is CCCCCOc1cc(N2CCCN(Cc3ccc(CCNS(=O)(=O)N(C)C)cc3OC)C2=O)ccc1OC. The summed E-state index contributed by atoms with van der Waals surface area (Å²) in [4.78, 5) is 17.1. The van der Waals surface area contributed by atoms with Crippen LogP contribution in [0.1, 0.15) is 43.7 Å². The molecule has 1 aliphatic rings. The van der Waals surface area contributed by atoms with E-state index in [1.165, 1.54) is 14.1 Å². The zero-order chi connectivity index (χ0) is 28.4. The fourth-order valence-corrected chi connectivity index (χ4v) is 5.00. The van der Waals surface area contributed by atoms with E-state index in [1.54, 1.807) is 19.1 Å². The third kappa shape index (κ3) is 8.23. The lowest BCUT2D eigenvalue weighted by Crippen LogP contribution is -2.49. The molecule has 216 valence electrons. The minimum Gasteiger partial charge on any atom is -0.496 e. The molecule has 1 N–H and O–H groups in total. The van der Waals surface area contributed by atoms with Gasteiger partial charge >= 0.3 is 6.03 Å². The van der Waals surface area contributed by atoms with Gasteiger partial charge < -0.3 is 19.1 Å². The van der Waals surface area contributed by atoms with Gasteiger partial charge in [0.25, 0.3) is 10.2 Å². The smallest absolute Gasteiger partial charge is 0.324 e. The van der Waals surface area contributed by atoms with Crippen molar-refractivity contribution >= 4 is 21.9 Å². The first-order valence-corrected chi connectivity index (χ1v) is 14.8. The number of carbonyl (C=O) groups excluding carboxylic acids is 1. The van der Waals surface area contributed by atoms with Crippen LogP contribution in [0.5, 0.6) is 17.2 Å². The van der Waals surface area contributed by atoms with E-state index in [9.17, 15) is 13.2 Å². The molecule has 1 fully saturated rings. The Kier molecular flexibility index (Phi) is 11.3. The van der Waals surface area contributed by atoms with Crippen molar-refractivity contribution in [1.29, 1.82) is 0 Å². The summed E-state index contributed by atoms with van der Waals surface area (Å²) in [5, 5.41) is 0. The Balaban J connectivity index is 1.69. The van der Waals surface area contributed by atoms with E-state index in [0.717, 1.165) is 46.8 Å². The number of rotatable bonds is 15. The fourth-order valence-electron chi connectivity index (χ4n) is 4.38. The molecule has 0 radical (unpaired) electrons. The van der Waals surface area contributed by atoms with E-state index >= 15 is 0 Å². The van der Waals surface area contributed by atoms with Gasteiger partial charge in [0, 0.05) is 51.0 Å². The predicted molar refractivity (Wildman–Crippen MR) is 153 cm³/mol. The maximum atomic E-state index is 13.5. The number of hydrogen-bond acceptors (Lipinski definition) is 6. The highest BCUT2D eigenvalue weighted by Gasteiger charge is 2.28. The molecule has 0 atom stereocenters. The molecule has 0 aromatic heterocycles. The molecule has 2 aromatic rings. The number of carbonyl (C=O) groups is 1. The van der Waals surface area contributed by atoms with Crippen molar-refractivity contribution in [2.45, 2.75) is 45.6 Å². The topological polar surface area (TPSA) is 101 Å². The maximum absolute atomic E-state index is 13.5. The van der Waals surface area contributed by atoms with Crippen LogP contribution in [0.2, 0.25) is 0 Å². The molecule has 39 heavy (non-hydrogen) atoms. The van der Waals surface area contributed by atoms with E-state index in [0.29, 0.717) is 49.9 Å². The molecule has 0 bridgehead atoms. The minimum absolute atomic E-state index is 0.0763. The van der Waals surface area contributed by atoms with Crippen LogP contribution in [0, 0.1) is 0 Å². The van der Waals surface area contributed by atoms with E-state index in [4.69, 9.17) is 14.2 Å². The first-order valence-electron chi connectivity index (χ1n) is 13.4. The Morgan fingerprint density at radius 1 is 0.974 bits per heavy atom. The summed E-state index contributed by atoms with van der Waals surface area (Å²) in [6.07, 6.45) is 4.52. The van der Waals surface area contributed by atoms with Crippen LogP contribution >= 0.6 is 0 Å². The molecule has 11 heteroatoms. The molecule has 3 rings (SSSR count). The van der Waals surface area contributed by atoms with Gasteiger partial charge in [0.2, 0.25) is 0 Å². The molecule has 2 amide bonds. The number of ether oxygens (including phenoxy) is 3. The van der Waals surface area contributed by atoms with Crippen LogP contribution in [0.25, 0.3) is 0 Å². The maximum Gasteiger partial charge on any atom is 0.324 e. The summed E-state index contributed by atoms with van der Waals surface area (Å²) in [6, 6.07) is 11.3. The highest BCUT2D eigenvalue weighted by atomic mass is 32.2. The number of nitrogens with zero attached hydrogens (tertiary/aromatic N) is 3. The van der Waals surface area contributed by atoms with Crippen LogP contribution in [0.3, 0.4) is 0 Å². The van der Waals surface area contributed by atoms with Gasteiger partial charge in [-0.15, -0.1) is 0 Å². The van der Waals surface area contributed by atoms with Gasteiger partial charge in [0.05, 0.1) is 27.4 Å². The number of nitrogens with one attached hydrogen (secondary N) is 1. The lowest BCUT2D eigenvalue weighted by Gasteiger charge is -2.36. The molecule has 0 spiro atoms. The first-order chi connectivity index (χ1) is 18.7. The van der Waals surface area contributed by atoms with E-state index < -0.39 is 10.2 Å². The zero-order valence-corrected chi connectivity index (χ0v) is 24.6. The van der Waals surface area contributed by atoms with Gasteiger partial charge in [-0.1, -0.05) is 31.9 Å². The Hall–Kier alpha value is -3.02. The second-order valence-electron chi connectivity index (χ2n) is 9.68. The Bertz CT molecular complexity index is 1200. The number of hydrogen-bond donors (Lipinski definition) is 1.